The van der Waals surface area contributed by atoms with Gasteiger partial charge in [0.25, 0.3) is 0 Å². The van der Waals surface area contributed by atoms with Gasteiger partial charge in [-0.3, -0.25) is 0 Å². The highest BCUT2D eigenvalue weighted by Crippen LogP contribution is 2.42. The van der Waals surface area contributed by atoms with Crippen LogP contribution < -0.4 is 0 Å². The second-order valence-corrected chi connectivity index (χ2v) is 8.95. The second kappa shape index (κ2) is 9.50. The van der Waals surface area contributed by atoms with E-state index < -0.39 is 0 Å². The van der Waals surface area contributed by atoms with Gasteiger partial charge < -0.3 is 0 Å². The summed E-state index contributed by atoms with van der Waals surface area (Å²) >= 11 is 0. The van der Waals surface area contributed by atoms with Gasteiger partial charge in [-0.1, -0.05) is 100 Å². The van der Waals surface area contributed by atoms with E-state index in [9.17, 15) is 0 Å². The molecule has 23 heavy (non-hydrogen) atoms. The molecule has 0 nitrogen and oxygen atoms in total. The molecule has 0 amide bonds. The Bertz CT molecular complexity index is 428. The molecule has 2 atom stereocenters. The van der Waals surface area contributed by atoms with Gasteiger partial charge in [-0.15, -0.1) is 0 Å². The van der Waals surface area contributed by atoms with E-state index in [1.807, 2.05) is 0 Å². The van der Waals surface area contributed by atoms with Gasteiger partial charge in [-0.25, -0.2) is 0 Å². The number of rotatable bonds is 0. The highest BCUT2D eigenvalue weighted by atomic mass is 14.4. The maximum Gasteiger partial charge on any atom is -0.0129 e. The lowest BCUT2D eigenvalue weighted by atomic mass is 9.75. The van der Waals surface area contributed by atoms with E-state index in [2.05, 4.69) is 79.7 Å². The first kappa shape index (κ1) is 24.5. The predicted molar refractivity (Wildman–Crippen MR) is 109 cm³/mol. The minimum atomic E-state index is 0. The van der Waals surface area contributed by atoms with Gasteiger partial charge in [0.2, 0.25) is 0 Å². The first-order valence-corrected chi connectivity index (χ1v) is 8.59. The molecule has 136 valence electrons. The zero-order valence-corrected chi connectivity index (χ0v) is 15.6. The standard InChI is InChI=1S/C11H16.C10H20.2CH4/c1-9-7-5-6-8-10(9)11(2,3)4;1-8-6-5-7-9(8)10(2,3)4;;/h5-8H,1-4H3;8-9H,5-7H2,1-4H3;2*1H4. The Balaban J connectivity index is 0. The van der Waals surface area contributed by atoms with Crippen molar-refractivity contribution in [3.8, 4) is 0 Å². The summed E-state index contributed by atoms with van der Waals surface area (Å²) in [4.78, 5) is 0. The molecule has 0 spiro atoms. The summed E-state index contributed by atoms with van der Waals surface area (Å²) in [5.74, 6) is 1.95. The molecule has 1 aromatic rings. The molecule has 0 saturated heterocycles. The molecule has 0 bridgehead atoms. The Hall–Kier alpha value is -0.780. The van der Waals surface area contributed by atoms with E-state index in [-0.39, 0.29) is 20.3 Å². The molecule has 1 aliphatic rings. The SMILES string of the molecule is C.C.CC1CCCC1C(C)(C)C.Cc1ccccc1C(C)(C)C. The zero-order valence-electron chi connectivity index (χ0n) is 15.6. The fraction of sp³-hybridized carbons (Fsp3) is 0.739. The molecule has 1 fully saturated rings. The molecule has 0 radical (unpaired) electrons. The van der Waals surface area contributed by atoms with Gasteiger partial charge in [0.15, 0.2) is 0 Å². The number of hydrogen-bond acceptors (Lipinski definition) is 0. The Labute approximate surface area is 148 Å². The fourth-order valence-corrected chi connectivity index (χ4v) is 3.85. The van der Waals surface area contributed by atoms with Crippen LogP contribution in [0.5, 0.6) is 0 Å². The number of benzene rings is 1. The minimum Gasteiger partial charge on any atom is -0.0776 e. The normalized spacial score (nSPS) is 20.7. The molecule has 0 N–H and O–H groups in total. The highest BCUT2D eigenvalue weighted by molar-refractivity contribution is 5.31. The summed E-state index contributed by atoms with van der Waals surface area (Å²) in [7, 11) is 0. The summed E-state index contributed by atoms with van der Waals surface area (Å²) < 4.78 is 0. The van der Waals surface area contributed by atoms with Crippen molar-refractivity contribution in [3.63, 3.8) is 0 Å². The Morgan fingerprint density at radius 2 is 1.39 bits per heavy atom. The van der Waals surface area contributed by atoms with Crippen LogP contribution in [-0.4, -0.2) is 0 Å². The average molecular weight is 321 g/mol. The van der Waals surface area contributed by atoms with Crippen LogP contribution in [0.3, 0.4) is 0 Å². The second-order valence-electron chi connectivity index (χ2n) is 8.95. The topological polar surface area (TPSA) is 0 Å². The molecule has 0 aliphatic heterocycles. The Morgan fingerprint density at radius 3 is 1.65 bits per heavy atom. The van der Waals surface area contributed by atoms with Crippen molar-refractivity contribution in [3.05, 3.63) is 35.4 Å². The zero-order chi connectivity index (χ0) is 16.3. The van der Waals surface area contributed by atoms with Gasteiger partial charge in [0.1, 0.15) is 0 Å². The van der Waals surface area contributed by atoms with Crippen molar-refractivity contribution >= 4 is 0 Å². The molecule has 1 aromatic carbocycles. The first-order chi connectivity index (χ1) is 9.53. The van der Waals surface area contributed by atoms with E-state index >= 15 is 0 Å². The maximum absolute atomic E-state index is 2.41. The third kappa shape index (κ3) is 7.55. The first-order valence-electron chi connectivity index (χ1n) is 8.59. The molecule has 1 saturated carbocycles. The lowest BCUT2D eigenvalue weighted by molar-refractivity contribution is 0.196. The van der Waals surface area contributed by atoms with Crippen molar-refractivity contribution in [1.29, 1.82) is 0 Å². The van der Waals surface area contributed by atoms with Crippen LogP contribution in [0.15, 0.2) is 24.3 Å². The van der Waals surface area contributed by atoms with Crippen LogP contribution in [0.1, 0.15) is 93.7 Å². The summed E-state index contributed by atoms with van der Waals surface area (Å²) in [5, 5.41) is 0. The van der Waals surface area contributed by atoms with Crippen LogP contribution in [0.2, 0.25) is 0 Å². The molecule has 2 rings (SSSR count). The molecule has 0 heteroatoms. The van der Waals surface area contributed by atoms with Crippen LogP contribution in [-0.2, 0) is 5.41 Å². The predicted octanol–water partition coefficient (Wildman–Crippen LogP) is 8.03. The largest absolute Gasteiger partial charge is 0.0776 e. The van der Waals surface area contributed by atoms with Crippen LogP contribution in [0.4, 0.5) is 0 Å². The van der Waals surface area contributed by atoms with Crippen LogP contribution in [0.25, 0.3) is 0 Å². The van der Waals surface area contributed by atoms with E-state index in [0.717, 1.165) is 11.8 Å². The molecular weight excluding hydrogens is 276 g/mol. The van der Waals surface area contributed by atoms with Crippen molar-refractivity contribution in [2.45, 2.75) is 94.9 Å². The number of hydrogen-bond donors (Lipinski definition) is 0. The van der Waals surface area contributed by atoms with E-state index in [1.165, 1.54) is 30.4 Å². The lowest BCUT2D eigenvalue weighted by Gasteiger charge is -2.30. The number of aryl methyl sites for hydroxylation is 1. The summed E-state index contributed by atoms with van der Waals surface area (Å²) in [5.41, 5.74) is 3.67. The van der Waals surface area contributed by atoms with E-state index in [4.69, 9.17) is 0 Å². The fourth-order valence-electron chi connectivity index (χ4n) is 3.85. The Kier molecular flexibility index (Phi) is 10.1. The van der Waals surface area contributed by atoms with Gasteiger partial charge >= 0.3 is 0 Å². The van der Waals surface area contributed by atoms with Crippen LogP contribution >= 0.6 is 0 Å². The smallest absolute Gasteiger partial charge is 0.0129 e. The van der Waals surface area contributed by atoms with Gasteiger partial charge in [0, 0.05) is 0 Å². The summed E-state index contributed by atoms with van der Waals surface area (Å²) in [6, 6.07) is 8.56. The molecule has 1 aliphatic carbocycles. The van der Waals surface area contributed by atoms with E-state index in [0.29, 0.717) is 5.41 Å². The van der Waals surface area contributed by atoms with Gasteiger partial charge in [0.05, 0.1) is 0 Å². The third-order valence-electron chi connectivity index (χ3n) is 4.93. The molecule has 0 heterocycles. The van der Waals surface area contributed by atoms with Gasteiger partial charge in [-0.2, -0.15) is 0 Å². The highest BCUT2D eigenvalue weighted by Gasteiger charge is 2.32. The average Bonchev–Trinajstić information content (AvgIpc) is 2.75. The van der Waals surface area contributed by atoms with Crippen molar-refractivity contribution < 1.29 is 0 Å². The van der Waals surface area contributed by atoms with Gasteiger partial charge in [-0.05, 0) is 47.1 Å². The molecular formula is C23H44. The Morgan fingerprint density at radius 1 is 0.870 bits per heavy atom. The summed E-state index contributed by atoms with van der Waals surface area (Å²) in [6.45, 7) is 18.4. The van der Waals surface area contributed by atoms with Crippen LogP contribution in [0, 0.1) is 24.2 Å². The minimum absolute atomic E-state index is 0. The third-order valence-corrected chi connectivity index (χ3v) is 4.93. The lowest BCUT2D eigenvalue weighted by Crippen LogP contribution is -2.22. The maximum atomic E-state index is 2.41. The van der Waals surface area contributed by atoms with Crippen molar-refractivity contribution in [1.82, 2.24) is 0 Å². The molecule has 0 aromatic heterocycles. The quantitative estimate of drug-likeness (QED) is 0.453. The summed E-state index contributed by atoms with van der Waals surface area (Å²) in [6.07, 6.45) is 4.38. The molecule has 2 unspecified atom stereocenters. The van der Waals surface area contributed by atoms with Crippen molar-refractivity contribution in [2.75, 3.05) is 0 Å². The van der Waals surface area contributed by atoms with E-state index in [1.54, 1.807) is 0 Å². The monoisotopic (exact) mass is 320 g/mol. The van der Waals surface area contributed by atoms with Crippen molar-refractivity contribution in [2.24, 2.45) is 17.3 Å².